The van der Waals surface area contributed by atoms with E-state index in [1.54, 1.807) is 14.2 Å². The molecule has 0 unspecified atom stereocenters. The highest BCUT2D eigenvalue weighted by atomic mass is 16.5. The molecule has 0 saturated carbocycles. The van der Waals surface area contributed by atoms with Crippen molar-refractivity contribution in [1.29, 1.82) is 0 Å². The Bertz CT molecular complexity index is 1380. The van der Waals surface area contributed by atoms with Gasteiger partial charge in [-0.15, -0.1) is 0 Å². The first-order valence-electron chi connectivity index (χ1n) is 12.6. The van der Waals surface area contributed by atoms with Gasteiger partial charge in [0, 0.05) is 22.3 Å². The quantitative estimate of drug-likeness (QED) is 0.292. The summed E-state index contributed by atoms with van der Waals surface area (Å²) in [5.41, 5.74) is 5.79. The zero-order chi connectivity index (χ0) is 25.9. The summed E-state index contributed by atoms with van der Waals surface area (Å²) in [5, 5.41) is 0. The van der Waals surface area contributed by atoms with Crippen molar-refractivity contribution in [1.82, 2.24) is 0 Å². The Labute approximate surface area is 222 Å². The van der Waals surface area contributed by atoms with Crippen molar-refractivity contribution in [2.45, 2.75) is 12.1 Å². The fraction of sp³-hybridized carbons (Fsp3) is 0.188. The molecule has 4 aromatic carbocycles. The van der Waals surface area contributed by atoms with Crippen LogP contribution < -0.4 is 9.47 Å². The summed E-state index contributed by atoms with van der Waals surface area (Å²) in [6, 6.07) is 31.7. The minimum absolute atomic E-state index is 0.198. The van der Waals surface area contributed by atoms with Gasteiger partial charge in [-0.2, -0.15) is 0 Å². The van der Waals surface area contributed by atoms with Crippen LogP contribution in [-0.2, 0) is 9.47 Å². The van der Waals surface area contributed by atoms with Crippen LogP contribution in [0.15, 0.2) is 107 Å². The van der Waals surface area contributed by atoms with E-state index in [1.165, 1.54) is 0 Å². The summed E-state index contributed by atoms with van der Waals surface area (Å²) < 4.78 is 23.9. The molecule has 2 heterocycles. The molecular formula is C32H28N2O4. The molecule has 6 rings (SSSR count). The van der Waals surface area contributed by atoms with Crippen LogP contribution >= 0.6 is 0 Å². The lowest BCUT2D eigenvalue weighted by Crippen LogP contribution is -2.07. The molecule has 0 bridgehead atoms. The lowest BCUT2D eigenvalue weighted by molar-refractivity contribution is 0.318. The molecule has 38 heavy (non-hydrogen) atoms. The summed E-state index contributed by atoms with van der Waals surface area (Å²) >= 11 is 0. The van der Waals surface area contributed by atoms with Gasteiger partial charge in [-0.1, -0.05) is 60.7 Å². The average Bonchev–Trinajstić information content (AvgIpc) is 3.68. The van der Waals surface area contributed by atoms with Crippen molar-refractivity contribution in [3.63, 3.8) is 0 Å². The monoisotopic (exact) mass is 504 g/mol. The minimum Gasteiger partial charge on any atom is -0.496 e. The van der Waals surface area contributed by atoms with Crippen LogP contribution in [0.25, 0.3) is 11.1 Å². The van der Waals surface area contributed by atoms with Crippen LogP contribution in [0.3, 0.4) is 0 Å². The Hall–Kier alpha value is -4.58. The van der Waals surface area contributed by atoms with Crippen LogP contribution in [-0.4, -0.2) is 39.2 Å². The fourth-order valence-corrected chi connectivity index (χ4v) is 5.07. The molecule has 0 radical (unpaired) electrons. The second kappa shape index (κ2) is 10.4. The van der Waals surface area contributed by atoms with E-state index >= 15 is 0 Å². The summed E-state index contributed by atoms with van der Waals surface area (Å²) in [6.45, 7) is 0.884. The highest BCUT2D eigenvalue weighted by molar-refractivity contribution is 5.96. The van der Waals surface area contributed by atoms with E-state index in [-0.39, 0.29) is 12.1 Å². The van der Waals surface area contributed by atoms with Gasteiger partial charge in [0.2, 0.25) is 11.8 Å². The molecule has 190 valence electrons. The van der Waals surface area contributed by atoms with Gasteiger partial charge in [0.15, 0.2) is 0 Å². The fourth-order valence-electron chi connectivity index (χ4n) is 5.07. The minimum atomic E-state index is -0.198. The van der Waals surface area contributed by atoms with Crippen molar-refractivity contribution in [2.75, 3.05) is 27.4 Å². The van der Waals surface area contributed by atoms with Gasteiger partial charge in [0.25, 0.3) is 0 Å². The third-order valence-corrected chi connectivity index (χ3v) is 6.87. The normalized spacial score (nSPS) is 18.3. The number of aliphatic imine (C=N–C) groups is 2. The number of hydrogen-bond acceptors (Lipinski definition) is 6. The van der Waals surface area contributed by atoms with Crippen LogP contribution in [0.2, 0.25) is 0 Å². The molecule has 0 N–H and O–H groups in total. The molecule has 4 aromatic rings. The maximum Gasteiger partial charge on any atom is 0.216 e. The van der Waals surface area contributed by atoms with Crippen molar-refractivity contribution in [2.24, 2.45) is 9.98 Å². The van der Waals surface area contributed by atoms with Gasteiger partial charge in [-0.3, -0.25) is 0 Å². The van der Waals surface area contributed by atoms with Crippen LogP contribution in [0, 0.1) is 0 Å². The zero-order valence-electron chi connectivity index (χ0n) is 21.3. The molecule has 2 aliphatic heterocycles. The number of methoxy groups -OCH3 is 2. The standard InChI is InChI=1S/C32H28N2O4/c1-35-27-17-9-15-23(25-19-37-31(33-25)21-11-5-3-6-12-21)29(27)30-24(16-10-18-28(30)36-2)26-20-38-32(34-26)22-13-7-4-8-14-22/h3-18,25-26H,19-20H2,1-2H3/t25-,26-/m1/s1. The van der Waals surface area contributed by atoms with Gasteiger partial charge in [0.05, 0.1) is 14.2 Å². The van der Waals surface area contributed by atoms with Gasteiger partial charge < -0.3 is 18.9 Å². The van der Waals surface area contributed by atoms with Crippen molar-refractivity contribution >= 4 is 11.8 Å². The first-order chi connectivity index (χ1) is 18.8. The van der Waals surface area contributed by atoms with Crippen molar-refractivity contribution in [3.05, 3.63) is 119 Å². The lowest BCUT2D eigenvalue weighted by atomic mass is 9.88. The highest BCUT2D eigenvalue weighted by Gasteiger charge is 2.31. The van der Waals surface area contributed by atoms with Gasteiger partial charge in [-0.05, 0) is 47.5 Å². The predicted octanol–water partition coefficient (Wildman–Crippen LogP) is 6.41. The molecule has 6 heteroatoms. The second-order valence-electron chi connectivity index (χ2n) is 9.10. The predicted molar refractivity (Wildman–Crippen MR) is 148 cm³/mol. The third-order valence-electron chi connectivity index (χ3n) is 6.87. The number of hydrogen-bond donors (Lipinski definition) is 0. The molecule has 0 spiro atoms. The van der Waals surface area contributed by atoms with E-state index in [1.807, 2.05) is 84.9 Å². The third kappa shape index (κ3) is 4.39. The summed E-state index contributed by atoms with van der Waals surface area (Å²) in [7, 11) is 3.37. The van der Waals surface area contributed by atoms with Gasteiger partial charge >= 0.3 is 0 Å². The number of benzene rings is 4. The SMILES string of the molecule is COc1cccc([C@H]2COC(c3ccccc3)=N2)c1-c1c(OC)cccc1[C@H]1COC(c2ccccc2)=N1. The molecule has 0 aromatic heterocycles. The van der Waals surface area contributed by atoms with Gasteiger partial charge in [0.1, 0.15) is 36.8 Å². The van der Waals surface area contributed by atoms with E-state index in [2.05, 4.69) is 12.1 Å². The van der Waals surface area contributed by atoms with E-state index in [0.29, 0.717) is 25.0 Å². The Morgan fingerprint density at radius 2 is 0.974 bits per heavy atom. The first-order valence-corrected chi connectivity index (χ1v) is 12.6. The molecule has 2 atom stereocenters. The molecule has 6 nitrogen and oxygen atoms in total. The smallest absolute Gasteiger partial charge is 0.216 e. The second-order valence-corrected chi connectivity index (χ2v) is 9.10. The first kappa shape index (κ1) is 23.8. The molecule has 2 aliphatic rings. The summed E-state index contributed by atoms with van der Waals surface area (Å²) in [4.78, 5) is 9.94. The zero-order valence-corrected chi connectivity index (χ0v) is 21.3. The number of rotatable bonds is 7. The Kier molecular flexibility index (Phi) is 6.53. The Morgan fingerprint density at radius 3 is 1.37 bits per heavy atom. The number of nitrogens with zero attached hydrogens (tertiary/aromatic N) is 2. The van der Waals surface area contributed by atoms with Crippen molar-refractivity contribution in [3.8, 4) is 22.6 Å². The average molecular weight is 505 g/mol. The number of ether oxygens (including phenoxy) is 4. The maximum absolute atomic E-state index is 6.06. The molecular weight excluding hydrogens is 476 g/mol. The molecule has 0 saturated heterocycles. The largest absolute Gasteiger partial charge is 0.496 e. The summed E-state index contributed by atoms with van der Waals surface area (Å²) in [5.74, 6) is 2.77. The van der Waals surface area contributed by atoms with Crippen molar-refractivity contribution < 1.29 is 18.9 Å². The topological polar surface area (TPSA) is 61.6 Å². The summed E-state index contributed by atoms with van der Waals surface area (Å²) in [6.07, 6.45) is 0. The molecule has 0 fully saturated rings. The van der Waals surface area contributed by atoms with E-state index in [0.717, 1.165) is 44.9 Å². The molecule has 0 amide bonds. The lowest BCUT2D eigenvalue weighted by Gasteiger charge is -2.22. The van der Waals surface area contributed by atoms with E-state index in [4.69, 9.17) is 28.9 Å². The van der Waals surface area contributed by atoms with Crippen LogP contribution in [0.1, 0.15) is 34.3 Å². The highest BCUT2D eigenvalue weighted by Crippen LogP contribution is 2.47. The Morgan fingerprint density at radius 1 is 0.553 bits per heavy atom. The Balaban J connectivity index is 1.47. The van der Waals surface area contributed by atoms with Crippen LogP contribution in [0.4, 0.5) is 0 Å². The van der Waals surface area contributed by atoms with E-state index < -0.39 is 0 Å². The van der Waals surface area contributed by atoms with E-state index in [9.17, 15) is 0 Å². The van der Waals surface area contributed by atoms with Crippen LogP contribution in [0.5, 0.6) is 11.5 Å². The van der Waals surface area contributed by atoms with Gasteiger partial charge in [-0.25, -0.2) is 9.98 Å². The maximum atomic E-state index is 6.06. The molecule has 0 aliphatic carbocycles.